The SMILES string of the molecule is Cc1oc(-c2cccs2)nc1CN1C[C@@H](C(F)(F)F)[C@H](C(=O)O)C1. The average Bonchev–Trinajstić information content (AvgIpc) is 3.18. The van der Waals surface area contributed by atoms with Crippen molar-refractivity contribution in [3.05, 3.63) is 29.0 Å². The van der Waals surface area contributed by atoms with E-state index >= 15 is 0 Å². The van der Waals surface area contributed by atoms with Crippen molar-refractivity contribution in [2.24, 2.45) is 11.8 Å². The Morgan fingerprint density at radius 1 is 1.50 bits per heavy atom. The third kappa shape index (κ3) is 3.32. The van der Waals surface area contributed by atoms with Crippen LogP contribution in [0.5, 0.6) is 0 Å². The van der Waals surface area contributed by atoms with Gasteiger partial charge in [0.05, 0.1) is 22.4 Å². The van der Waals surface area contributed by atoms with Crippen molar-refractivity contribution < 1.29 is 27.5 Å². The third-order valence-electron chi connectivity index (χ3n) is 4.13. The van der Waals surface area contributed by atoms with Crippen molar-refractivity contribution in [1.29, 1.82) is 0 Å². The van der Waals surface area contributed by atoms with Crippen molar-refractivity contribution >= 4 is 17.3 Å². The number of aromatic nitrogens is 1. The van der Waals surface area contributed by atoms with Crippen LogP contribution in [0.4, 0.5) is 13.2 Å². The van der Waals surface area contributed by atoms with Gasteiger partial charge < -0.3 is 9.52 Å². The van der Waals surface area contributed by atoms with Crippen LogP contribution < -0.4 is 0 Å². The number of rotatable bonds is 4. The number of aryl methyl sites for hydroxylation is 1. The highest BCUT2D eigenvalue weighted by Crippen LogP contribution is 2.38. The predicted molar refractivity (Wildman–Crippen MR) is 80.5 cm³/mol. The highest BCUT2D eigenvalue weighted by molar-refractivity contribution is 7.13. The summed E-state index contributed by atoms with van der Waals surface area (Å²) in [5.41, 5.74) is 0.533. The fourth-order valence-electron chi connectivity index (χ4n) is 2.89. The summed E-state index contributed by atoms with van der Waals surface area (Å²) in [4.78, 5) is 17.8. The zero-order valence-electron chi connectivity index (χ0n) is 12.7. The largest absolute Gasteiger partial charge is 0.481 e. The topological polar surface area (TPSA) is 66.6 Å². The quantitative estimate of drug-likeness (QED) is 0.905. The molecule has 0 radical (unpaired) electrons. The van der Waals surface area contributed by atoms with E-state index in [1.165, 1.54) is 16.2 Å². The molecule has 9 heteroatoms. The number of carbonyl (C=O) groups is 1. The molecule has 1 N–H and O–H groups in total. The minimum Gasteiger partial charge on any atom is -0.481 e. The van der Waals surface area contributed by atoms with Gasteiger partial charge in [0.1, 0.15) is 5.76 Å². The Kier molecular flexibility index (Phi) is 4.39. The second kappa shape index (κ2) is 6.21. The molecule has 0 unspecified atom stereocenters. The van der Waals surface area contributed by atoms with Crippen molar-refractivity contribution in [1.82, 2.24) is 9.88 Å². The zero-order valence-corrected chi connectivity index (χ0v) is 13.5. The number of aliphatic carboxylic acids is 1. The Balaban J connectivity index is 1.76. The number of alkyl halides is 3. The van der Waals surface area contributed by atoms with Crippen LogP contribution in [0.1, 0.15) is 11.5 Å². The summed E-state index contributed by atoms with van der Waals surface area (Å²) in [6.07, 6.45) is -4.53. The van der Waals surface area contributed by atoms with Gasteiger partial charge in [-0.2, -0.15) is 13.2 Å². The van der Waals surface area contributed by atoms with E-state index in [9.17, 15) is 18.0 Å². The number of nitrogens with zero attached hydrogens (tertiary/aromatic N) is 2. The summed E-state index contributed by atoms with van der Waals surface area (Å²) in [7, 11) is 0. The lowest BCUT2D eigenvalue weighted by Gasteiger charge is -2.18. The van der Waals surface area contributed by atoms with Crippen LogP contribution in [0, 0.1) is 18.8 Å². The number of carboxylic acids is 1. The van der Waals surface area contributed by atoms with Crippen molar-refractivity contribution in [2.75, 3.05) is 13.1 Å². The van der Waals surface area contributed by atoms with Crippen LogP contribution in [0.15, 0.2) is 21.9 Å². The number of carboxylic acid groups (broad SMARTS) is 1. The predicted octanol–water partition coefficient (Wildman–Crippen LogP) is 3.41. The highest BCUT2D eigenvalue weighted by Gasteiger charge is 2.52. The van der Waals surface area contributed by atoms with Gasteiger partial charge in [0.15, 0.2) is 0 Å². The van der Waals surface area contributed by atoms with Gasteiger partial charge in [-0.25, -0.2) is 4.98 Å². The summed E-state index contributed by atoms with van der Waals surface area (Å²) >= 11 is 1.45. The normalized spacial score (nSPS) is 22.2. The average molecular weight is 360 g/mol. The van der Waals surface area contributed by atoms with Crippen LogP contribution in [0.2, 0.25) is 0 Å². The molecule has 0 bridgehead atoms. The molecule has 0 amide bonds. The lowest BCUT2D eigenvalue weighted by Crippen LogP contribution is -2.33. The number of hydrogen-bond donors (Lipinski definition) is 1. The molecule has 0 aliphatic carbocycles. The fraction of sp³-hybridized carbons (Fsp3) is 0.467. The number of halogens is 3. The summed E-state index contributed by atoms with van der Waals surface area (Å²) in [5, 5.41) is 10.9. The first kappa shape index (κ1) is 17.0. The molecule has 1 fully saturated rings. The molecular formula is C15H15F3N2O3S. The maximum atomic E-state index is 13.0. The number of likely N-dealkylation sites (tertiary alicyclic amines) is 1. The first-order chi connectivity index (χ1) is 11.3. The lowest BCUT2D eigenvalue weighted by molar-refractivity contribution is -0.188. The van der Waals surface area contributed by atoms with Gasteiger partial charge in [-0.3, -0.25) is 9.69 Å². The molecule has 24 heavy (non-hydrogen) atoms. The fourth-order valence-corrected chi connectivity index (χ4v) is 3.54. The van der Waals surface area contributed by atoms with E-state index in [-0.39, 0.29) is 19.6 Å². The molecule has 1 aliphatic rings. The van der Waals surface area contributed by atoms with Crippen molar-refractivity contribution in [3.8, 4) is 10.8 Å². The van der Waals surface area contributed by atoms with Crippen LogP contribution in [-0.2, 0) is 11.3 Å². The first-order valence-corrected chi connectivity index (χ1v) is 8.15. The van der Waals surface area contributed by atoms with Gasteiger partial charge in [-0.15, -0.1) is 11.3 Å². The van der Waals surface area contributed by atoms with Crippen molar-refractivity contribution in [3.63, 3.8) is 0 Å². The smallest absolute Gasteiger partial charge is 0.393 e. The van der Waals surface area contributed by atoms with E-state index < -0.39 is 24.0 Å². The zero-order chi connectivity index (χ0) is 17.5. The van der Waals surface area contributed by atoms with Crippen molar-refractivity contribution in [2.45, 2.75) is 19.6 Å². The third-order valence-corrected chi connectivity index (χ3v) is 4.99. The Bertz CT molecular complexity index is 727. The van der Waals surface area contributed by atoms with Gasteiger partial charge in [-0.1, -0.05) is 6.07 Å². The number of hydrogen-bond acceptors (Lipinski definition) is 5. The highest BCUT2D eigenvalue weighted by atomic mass is 32.1. The molecule has 3 rings (SSSR count). The lowest BCUT2D eigenvalue weighted by atomic mass is 9.96. The Hall–Kier alpha value is -1.87. The molecular weight excluding hydrogens is 345 g/mol. The number of thiophene rings is 1. The molecule has 3 heterocycles. The summed E-state index contributed by atoms with van der Waals surface area (Å²) < 4.78 is 44.7. The Morgan fingerprint density at radius 2 is 2.25 bits per heavy atom. The number of oxazole rings is 1. The standard InChI is InChI=1S/C15H15F3N2O3S/c1-8-11(19-13(23-8)12-3-2-4-24-12)7-20-5-9(14(21)22)10(6-20)15(16,17)18/h2-4,9-10H,5-7H2,1H3,(H,21,22)/t9-,10-/m1/s1. The first-order valence-electron chi connectivity index (χ1n) is 7.27. The Labute approximate surface area is 139 Å². The van der Waals surface area contributed by atoms with E-state index in [2.05, 4.69) is 4.98 Å². The van der Waals surface area contributed by atoms with E-state index in [1.54, 1.807) is 6.92 Å². The molecule has 5 nitrogen and oxygen atoms in total. The minimum atomic E-state index is -4.53. The maximum absolute atomic E-state index is 13.0. The van der Waals surface area contributed by atoms with E-state index in [0.29, 0.717) is 17.3 Å². The Morgan fingerprint density at radius 3 is 2.79 bits per heavy atom. The molecule has 2 atom stereocenters. The van der Waals surface area contributed by atoms with E-state index in [4.69, 9.17) is 9.52 Å². The molecule has 0 aromatic carbocycles. The summed E-state index contributed by atoms with van der Waals surface area (Å²) in [5.74, 6) is -3.77. The molecule has 2 aromatic rings. The van der Waals surface area contributed by atoms with Gasteiger partial charge in [0.25, 0.3) is 0 Å². The molecule has 130 valence electrons. The monoisotopic (exact) mass is 360 g/mol. The summed E-state index contributed by atoms with van der Waals surface area (Å²) in [6.45, 7) is 1.34. The van der Waals surface area contributed by atoms with Gasteiger partial charge in [-0.05, 0) is 18.4 Å². The molecule has 1 saturated heterocycles. The van der Waals surface area contributed by atoms with E-state index in [0.717, 1.165) is 4.88 Å². The molecule has 1 aliphatic heterocycles. The van der Waals surface area contributed by atoms with E-state index in [1.807, 2.05) is 17.5 Å². The van der Waals surface area contributed by atoms with Crippen LogP contribution >= 0.6 is 11.3 Å². The second-order valence-corrected chi connectivity index (χ2v) is 6.73. The minimum absolute atomic E-state index is 0.136. The maximum Gasteiger partial charge on any atom is 0.393 e. The molecule has 0 spiro atoms. The summed E-state index contributed by atoms with van der Waals surface area (Å²) in [6, 6.07) is 3.70. The molecule has 2 aromatic heterocycles. The van der Waals surface area contributed by atoms with Crippen LogP contribution in [0.3, 0.4) is 0 Å². The van der Waals surface area contributed by atoms with Crippen LogP contribution in [0.25, 0.3) is 10.8 Å². The van der Waals surface area contributed by atoms with Gasteiger partial charge >= 0.3 is 12.1 Å². The van der Waals surface area contributed by atoms with Gasteiger partial charge in [0.2, 0.25) is 5.89 Å². The van der Waals surface area contributed by atoms with Gasteiger partial charge in [0, 0.05) is 19.6 Å². The molecule has 0 saturated carbocycles. The second-order valence-electron chi connectivity index (χ2n) is 5.79. The van der Waals surface area contributed by atoms with Crippen LogP contribution in [-0.4, -0.2) is 40.2 Å².